The molecule has 1 unspecified atom stereocenters. The summed E-state index contributed by atoms with van der Waals surface area (Å²) >= 11 is 0. The SMILES string of the molecule is COC1CCN(c2ccc(CN)nn2)C1. The number of anilines is 1. The zero-order chi connectivity index (χ0) is 10.7. The first-order chi connectivity index (χ1) is 7.33. The summed E-state index contributed by atoms with van der Waals surface area (Å²) in [6.45, 7) is 2.32. The molecule has 1 atom stereocenters. The molecule has 0 aromatic carbocycles. The molecule has 0 aliphatic carbocycles. The van der Waals surface area contributed by atoms with Crippen molar-refractivity contribution in [3.05, 3.63) is 17.8 Å². The van der Waals surface area contributed by atoms with Crippen LogP contribution in [-0.4, -0.2) is 36.5 Å². The van der Waals surface area contributed by atoms with E-state index in [-0.39, 0.29) is 0 Å². The summed E-state index contributed by atoms with van der Waals surface area (Å²) in [4.78, 5) is 2.18. The highest BCUT2D eigenvalue weighted by Gasteiger charge is 2.23. The van der Waals surface area contributed by atoms with Crippen molar-refractivity contribution in [2.24, 2.45) is 5.73 Å². The van der Waals surface area contributed by atoms with Gasteiger partial charge < -0.3 is 15.4 Å². The summed E-state index contributed by atoms with van der Waals surface area (Å²) < 4.78 is 5.30. The fourth-order valence-electron chi connectivity index (χ4n) is 1.76. The Morgan fingerprint density at radius 3 is 2.93 bits per heavy atom. The van der Waals surface area contributed by atoms with Gasteiger partial charge in [0.2, 0.25) is 0 Å². The van der Waals surface area contributed by atoms with Crippen LogP contribution in [0.2, 0.25) is 0 Å². The van der Waals surface area contributed by atoms with Crippen LogP contribution >= 0.6 is 0 Å². The van der Waals surface area contributed by atoms with Gasteiger partial charge in [-0.05, 0) is 18.6 Å². The van der Waals surface area contributed by atoms with Crippen molar-refractivity contribution < 1.29 is 4.74 Å². The van der Waals surface area contributed by atoms with Gasteiger partial charge in [-0.2, -0.15) is 5.10 Å². The quantitative estimate of drug-likeness (QED) is 0.766. The molecule has 5 nitrogen and oxygen atoms in total. The number of methoxy groups -OCH3 is 1. The monoisotopic (exact) mass is 208 g/mol. The molecule has 2 heterocycles. The molecular weight excluding hydrogens is 192 g/mol. The number of nitrogens with two attached hydrogens (primary N) is 1. The summed E-state index contributed by atoms with van der Waals surface area (Å²) in [6, 6.07) is 3.88. The highest BCUT2D eigenvalue weighted by molar-refractivity contribution is 5.38. The Hall–Kier alpha value is -1.20. The van der Waals surface area contributed by atoms with Gasteiger partial charge in [0.1, 0.15) is 0 Å². The van der Waals surface area contributed by atoms with Crippen LogP contribution in [-0.2, 0) is 11.3 Å². The highest BCUT2D eigenvalue weighted by Crippen LogP contribution is 2.18. The van der Waals surface area contributed by atoms with Crippen molar-refractivity contribution in [2.45, 2.75) is 19.1 Å². The first kappa shape index (κ1) is 10.3. The number of hydrogen-bond acceptors (Lipinski definition) is 5. The van der Waals surface area contributed by atoms with Gasteiger partial charge in [0.05, 0.1) is 11.8 Å². The van der Waals surface area contributed by atoms with Crippen LogP contribution in [0.1, 0.15) is 12.1 Å². The summed E-state index contributed by atoms with van der Waals surface area (Å²) in [5, 5.41) is 8.18. The molecule has 2 rings (SSSR count). The molecular formula is C10H16N4O. The first-order valence-electron chi connectivity index (χ1n) is 5.14. The normalized spacial score (nSPS) is 20.9. The molecule has 0 amide bonds. The molecule has 1 aliphatic rings. The minimum absolute atomic E-state index is 0.320. The van der Waals surface area contributed by atoms with Crippen molar-refractivity contribution in [1.29, 1.82) is 0 Å². The van der Waals surface area contributed by atoms with E-state index in [2.05, 4.69) is 15.1 Å². The molecule has 0 bridgehead atoms. The maximum atomic E-state index is 5.46. The Bertz CT molecular complexity index is 314. The predicted molar refractivity (Wildman–Crippen MR) is 57.6 cm³/mol. The second kappa shape index (κ2) is 4.55. The van der Waals surface area contributed by atoms with Crippen LogP contribution < -0.4 is 10.6 Å². The second-order valence-electron chi connectivity index (χ2n) is 3.68. The van der Waals surface area contributed by atoms with E-state index in [4.69, 9.17) is 10.5 Å². The summed E-state index contributed by atoms with van der Waals surface area (Å²) in [6.07, 6.45) is 1.37. The molecule has 1 aromatic heterocycles. The third-order valence-electron chi connectivity index (χ3n) is 2.72. The maximum Gasteiger partial charge on any atom is 0.151 e. The molecule has 0 spiro atoms. The second-order valence-corrected chi connectivity index (χ2v) is 3.68. The third kappa shape index (κ3) is 2.24. The van der Waals surface area contributed by atoms with Crippen molar-refractivity contribution in [1.82, 2.24) is 10.2 Å². The number of nitrogens with zero attached hydrogens (tertiary/aromatic N) is 3. The molecule has 5 heteroatoms. The number of aromatic nitrogens is 2. The Kier molecular flexibility index (Phi) is 3.13. The van der Waals surface area contributed by atoms with Gasteiger partial charge in [-0.3, -0.25) is 0 Å². The average molecular weight is 208 g/mol. The molecule has 1 aliphatic heterocycles. The fraction of sp³-hybridized carbons (Fsp3) is 0.600. The van der Waals surface area contributed by atoms with Gasteiger partial charge in [0.15, 0.2) is 5.82 Å². The molecule has 2 N–H and O–H groups in total. The van der Waals surface area contributed by atoms with Crippen LogP contribution in [0.4, 0.5) is 5.82 Å². The van der Waals surface area contributed by atoms with Crippen LogP contribution in [0, 0.1) is 0 Å². The number of hydrogen-bond donors (Lipinski definition) is 1. The minimum atomic E-state index is 0.320. The minimum Gasteiger partial charge on any atom is -0.380 e. The van der Waals surface area contributed by atoms with E-state index in [9.17, 15) is 0 Å². The zero-order valence-electron chi connectivity index (χ0n) is 8.89. The van der Waals surface area contributed by atoms with Crippen molar-refractivity contribution in [2.75, 3.05) is 25.1 Å². The molecule has 1 saturated heterocycles. The van der Waals surface area contributed by atoms with E-state index in [0.717, 1.165) is 31.0 Å². The van der Waals surface area contributed by atoms with Gasteiger partial charge in [0.25, 0.3) is 0 Å². The predicted octanol–water partition coefficient (Wildman–Crippen LogP) is 0.160. The van der Waals surface area contributed by atoms with E-state index in [0.29, 0.717) is 12.6 Å². The smallest absolute Gasteiger partial charge is 0.151 e. The molecule has 1 fully saturated rings. The van der Waals surface area contributed by atoms with Gasteiger partial charge >= 0.3 is 0 Å². The highest BCUT2D eigenvalue weighted by atomic mass is 16.5. The van der Waals surface area contributed by atoms with Gasteiger partial charge in [0, 0.05) is 26.7 Å². The van der Waals surface area contributed by atoms with Crippen LogP contribution in [0.15, 0.2) is 12.1 Å². The number of ether oxygens (including phenoxy) is 1. The van der Waals surface area contributed by atoms with Crippen LogP contribution in [0.25, 0.3) is 0 Å². The van der Waals surface area contributed by atoms with Gasteiger partial charge in [-0.15, -0.1) is 5.10 Å². The van der Waals surface area contributed by atoms with E-state index in [1.807, 2.05) is 12.1 Å². The average Bonchev–Trinajstić information content (AvgIpc) is 2.78. The lowest BCUT2D eigenvalue weighted by Gasteiger charge is -2.16. The first-order valence-corrected chi connectivity index (χ1v) is 5.14. The Morgan fingerprint density at radius 1 is 1.53 bits per heavy atom. The molecule has 1 aromatic rings. The van der Waals surface area contributed by atoms with Crippen molar-refractivity contribution >= 4 is 5.82 Å². The molecule has 0 saturated carbocycles. The summed E-state index contributed by atoms with van der Waals surface area (Å²) in [5.41, 5.74) is 6.28. The van der Waals surface area contributed by atoms with Gasteiger partial charge in [-0.25, -0.2) is 0 Å². The van der Waals surface area contributed by atoms with E-state index in [1.165, 1.54) is 0 Å². The van der Waals surface area contributed by atoms with Crippen LogP contribution in [0.5, 0.6) is 0 Å². The Labute approximate surface area is 89.2 Å². The number of rotatable bonds is 3. The zero-order valence-corrected chi connectivity index (χ0v) is 8.89. The largest absolute Gasteiger partial charge is 0.380 e. The lowest BCUT2D eigenvalue weighted by Crippen LogP contribution is -2.23. The Balaban J connectivity index is 2.04. The van der Waals surface area contributed by atoms with Gasteiger partial charge in [-0.1, -0.05) is 0 Å². The summed E-state index contributed by atoms with van der Waals surface area (Å²) in [5.74, 6) is 0.909. The lowest BCUT2D eigenvalue weighted by atomic mass is 10.3. The van der Waals surface area contributed by atoms with E-state index >= 15 is 0 Å². The lowest BCUT2D eigenvalue weighted by molar-refractivity contribution is 0.121. The topological polar surface area (TPSA) is 64.3 Å². The Morgan fingerprint density at radius 2 is 2.40 bits per heavy atom. The molecule has 15 heavy (non-hydrogen) atoms. The van der Waals surface area contributed by atoms with E-state index in [1.54, 1.807) is 7.11 Å². The van der Waals surface area contributed by atoms with Crippen LogP contribution in [0.3, 0.4) is 0 Å². The fourth-order valence-corrected chi connectivity index (χ4v) is 1.76. The van der Waals surface area contributed by atoms with Crippen molar-refractivity contribution in [3.63, 3.8) is 0 Å². The van der Waals surface area contributed by atoms with E-state index < -0.39 is 0 Å². The molecule has 82 valence electrons. The standard InChI is InChI=1S/C10H16N4O/c1-15-9-4-5-14(7-9)10-3-2-8(6-11)12-13-10/h2-3,9H,4-7,11H2,1H3. The maximum absolute atomic E-state index is 5.46. The third-order valence-corrected chi connectivity index (χ3v) is 2.72. The van der Waals surface area contributed by atoms with Crippen molar-refractivity contribution in [3.8, 4) is 0 Å². The summed E-state index contributed by atoms with van der Waals surface area (Å²) in [7, 11) is 1.75. The molecule has 0 radical (unpaired) electrons.